The van der Waals surface area contributed by atoms with Crippen LogP contribution in [0, 0.1) is 30.3 Å². The Morgan fingerprint density at radius 3 is 1.00 bits per heavy atom. The minimum absolute atomic E-state index is 0. The average molecular weight is 1360 g/mol. The summed E-state index contributed by atoms with van der Waals surface area (Å²) in [5.41, 5.74) is 12.9. The monoisotopic (exact) mass is 1350 g/mol. The molecule has 0 bridgehead atoms. The number of non-ortho nitro benzene ring substituents is 3. The third kappa shape index (κ3) is 35.4. The Hall–Kier alpha value is -4.12. The number of sulfonamides is 2. The third-order valence-electron chi connectivity index (χ3n) is 9.12. The molecule has 32 heteroatoms. The Labute approximate surface area is 488 Å². The van der Waals surface area contributed by atoms with Crippen molar-refractivity contribution in [3.63, 3.8) is 0 Å². The van der Waals surface area contributed by atoms with E-state index in [1.54, 1.807) is 45.9 Å². The molecule has 0 atom stereocenters. The predicted molar refractivity (Wildman–Crippen MR) is 320 cm³/mol. The second-order valence-electron chi connectivity index (χ2n) is 19.4. The van der Waals surface area contributed by atoms with Crippen LogP contribution in [-0.4, -0.2) is 100 Å². The normalized spacial score (nSPS) is 10.8. The molecule has 0 aromatic heterocycles. The van der Waals surface area contributed by atoms with Crippen molar-refractivity contribution < 1.29 is 66.3 Å². The number of nitro benzene ring substituents is 3. The molecule has 0 aliphatic heterocycles. The first-order valence-electron chi connectivity index (χ1n) is 21.9. The molecule has 18 N–H and O–H groups in total. The second kappa shape index (κ2) is 39.3. The molecule has 4 rings (SSSR count). The number of nitro groups is 3. The van der Waals surface area contributed by atoms with E-state index in [1.165, 1.54) is 42.5 Å². The molecule has 0 unspecified atom stereocenters. The molecule has 4 aromatic rings. The first-order chi connectivity index (χ1) is 33.2. The summed E-state index contributed by atoms with van der Waals surface area (Å²) in [4.78, 5) is 29.6. The summed E-state index contributed by atoms with van der Waals surface area (Å²) in [6, 6.07) is 16.8. The van der Waals surface area contributed by atoms with Crippen molar-refractivity contribution >= 4 is 105 Å². The van der Waals surface area contributed by atoms with Gasteiger partial charge in [-0.2, -0.15) is 0 Å². The number of nitrogens with zero attached hydrogens (tertiary/aromatic N) is 3. The molecule has 79 heavy (non-hydrogen) atoms. The topological polar surface area (TPSA) is 495 Å². The molecule has 458 valence electrons. The number of halogens is 3. The van der Waals surface area contributed by atoms with Gasteiger partial charge in [0.25, 0.3) is 26.1 Å². The van der Waals surface area contributed by atoms with Crippen molar-refractivity contribution in [1.29, 1.82) is 0 Å². The molecule has 4 aromatic carbocycles. The SMILES string of the molecule is C.CC(C)(C)c1ccc(N)cc1S(N)(=O)=O.CC(C)(C)c1ccc([N+](=O)[O-])cc1N.CC(C)(C)c1ccc([N+](=O)[O-])cc1S(=O)(=O)Cl.CC(C)(C)c1ccc([N+](=O)[O-])cc1S(N)(=O)=O.CCO.CCOCC.N.O.O.O.[Cl][Sn][Cl]. The van der Waals surface area contributed by atoms with Crippen molar-refractivity contribution in [2.45, 2.75) is 148 Å². The summed E-state index contributed by atoms with van der Waals surface area (Å²) in [7, 11) is 3.46. The van der Waals surface area contributed by atoms with E-state index < -0.39 is 73.6 Å². The van der Waals surface area contributed by atoms with Crippen LogP contribution in [0.4, 0.5) is 28.4 Å². The average Bonchev–Trinajstić information content (AvgIpc) is 3.22. The van der Waals surface area contributed by atoms with E-state index in [0.29, 0.717) is 28.1 Å². The number of nitrogens with two attached hydrogens (primary N) is 4. The Balaban J connectivity index is -0.000000131. The van der Waals surface area contributed by atoms with Crippen molar-refractivity contribution in [3.8, 4) is 0 Å². The van der Waals surface area contributed by atoms with Gasteiger partial charge < -0.3 is 43.9 Å². The number of nitrogen functional groups attached to an aromatic ring is 2. The third-order valence-corrected chi connectivity index (χ3v) is 12.4. The second-order valence-corrected chi connectivity index (χ2v) is 29.2. The van der Waals surface area contributed by atoms with E-state index in [1.807, 2.05) is 76.2 Å². The first-order valence-corrected chi connectivity index (χ1v) is 34.6. The van der Waals surface area contributed by atoms with Gasteiger partial charge in [0, 0.05) is 78.3 Å². The van der Waals surface area contributed by atoms with Gasteiger partial charge in [0.2, 0.25) is 20.0 Å². The first kappa shape index (κ1) is 91.4. The van der Waals surface area contributed by atoms with Gasteiger partial charge >= 0.3 is 36.7 Å². The van der Waals surface area contributed by atoms with E-state index in [-0.39, 0.29) is 79.2 Å². The van der Waals surface area contributed by atoms with Crippen LogP contribution in [0.25, 0.3) is 0 Å². The number of hydrogen-bond acceptors (Lipinski definition) is 17. The number of benzene rings is 4. The molecular formula is C47H85Cl3N8O17S3Sn. The minimum atomic E-state index is -4.00. The molecule has 0 saturated carbocycles. The van der Waals surface area contributed by atoms with Crippen LogP contribution >= 0.6 is 28.5 Å². The number of aliphatic hydroxyl groups excluding tert-OH is 1. The van der Waals surface area contributed by atoms with Crippen LogP contribution in [0.5, 0.6) is 0 Å². The van der Waals surface area contributed by atoms with Crippen molar-refractivity contribution in [2.24, 2.45) is 10.3 Å². The fourth-order valence-corrected chi connectivity index (χ4v) is 9.10. The van der Waals surface area contributed by atoms with Gasteiger partial charge in [-0.1, -0.05) is 109 Å². The van der Waals surface area contributed by atoms with Crippen molar-refractivity contribution in [2.75, 3.05) is 31.3 Å². The van der Waals surface area contributed by atoms with Crippen LogP contribution in [0.3, 0.4) is 0 Å². The van der Waals surface area contributed by atoms with E-state index in [4.69, 9.17) is 60.1 Å². The standard InChI is InChI=1S/C10H12ClNO4S.C10H14N2O4S.C10H16N2O2S.C10H14N2O2.C4H10O.C2H6O.CH4.2ClH.H3N.3H2O.Sn/c2*1-10(2,3)8-5-4-7(12(13)14)6-9(8)17(11,15)16;1-10(2,3)8-5-4-7(11)6-9(8)15(12,13)14;1-10(2,3)8-5-4-7(12(13)14)6-9(8)11;1-3-5-4-2;1-2-3;;;;;;;;/h4-6H,1-3H3;4-6H,1-3H3,(H2,11,15,16);4-6H,11H2,1-3H3,(H2,12,13,14);4-6H,11H2,1-3H3;3-4H2,1-2H3;3H,2H2,1H3;1H4;2*1H;1H3;3*1H2;/q;;;;;;;;;;;;;+2/p-2. The fourth-order valence-electron chi connectivity index (χ4n) is 5.87. The van der Waals surface area contributed by atoms with Gasteiger partial charge in [0.05, 0.1) is 29.5 Å². The molecule has 25 nitrogen and oxygen atoms in total. The number of primary sulfonamides is 2. The van der Waals surface area contributed by atoms with Crippen molar-refractivity contribution in [1.82, 2.24) is 6.15 Å². The van der Waals surface area contributed by atoms with Crippen LogP contribution in [0.2, 0.25) is 0 Å². The van der Waals surface area contributed by atoms with Crippen LogP contribution in [-0.2, 0) is 55.5 Å². The summed E-state index contributed by atoms with van der Waals surface area (Å²) in [6.45, 7) is 30.3. The number of ether oxygens (including phenoxy) is 1. The zero-order chi connectivity index (χ0) is 59.2. The number of hydrogen-bond donors (Lipinski definition) is 6. The van der Waals surface area contributed by atoms with Gasteiger partial charge in [-0.05, 0) is 82.9 Å². The number of anilines is 2. The van der Waals surface area contributed by atoms with Gasteiger partial charge in [0.15, 0.2) is 0 Å². The molecule has 2 radical (unpaired) electrons. The molecule has 0 heterocycles. The van der Waals surface area contributed by atoms with E-state index in [2.05, 4.69) is 0 Å². The zero-order valence-electron chi connectivity index (χ0n) is 46.5. The van der Waals surface area contributed by atoms with Crippen LogP contribution < -0.4 is 27.9 Å². The van der Waals surface area contributed by atoms with Gasteiger partial charge in [-0.15, -0.1) is 0 Å². The van der Waals surface area contributed by atoms with Crippen molar-refractivity contribution in [3.05, 3.63) is 125 Å². The zero-order valence-corrected chi connectivity index (χ0v) is 54.1. The maximum atomic E-state index is 11.4. The Morgan fingerprint density at radius 1 is 0.532 bits per heavy atom. The van der Waals surface area contributed by atoms with Gasteiger partial charge in [0.1, 0.15) is 0 Å². The number of rotatable bonds is 8. The van der Waals surface area contributed by atoms with E-state index in [0.717, 1.165) is 30.9 Å². The molecule has 0 spiro atoms. The predicted octanol–water partition coefficient (Wildman–Crippen LogP) is 8.41. The van der Waals surface area contributed by atoms with Crippen LogP contribution in [0.15, 0.2) is 87.5 Å². The molecule has 0 saturated heterocycles. The summed E-state index contributed by atoms with van der Waals surface area (Å²) < 4.78 is 73.3. The quantitative estimate of drug-likeness (QED) is 0.0317. The van der Waals surface area contributed by atoms with Gasteiger partial charge in [-0.25, -0.2) is 35.5 Å². The maximum absolute atomic E-state index is 11.4. The fraction of sp³-hybridized carbons (Fsp3) is 0.489. The molecule has 0 aliphatic carbocycles. The summed E-state index contributed by atoms with van der Waals surface area (Å²) in [6.07, 6.45) is 0. The van der Waals surface area contributed by atoms with E-state index in [9.17, 15) is 55.6 Å². The molecular weight excluding hydrogens is 1270 g/mol. The molecule has 0 fully saturated rings. The number of aliphatic hydroxyl groups is 1. The van der Waals surface area contributed by atoms with Gasteiger partial charge in [-0.3, -0.25) is 30.3 Å². The van der Waals surface area contributed by atoms with Crippen LogP contribution in [0.1, 0.15) is 134 Å². The Kier molecular flexibility index (Phi) is 45.5. The molecule has 0 amide bonds. The molecule has 0 aliphatic rings. The Bertz CT molecular complexity index is 2720. The summed E-state index contributed by atoms with van der Waals surface area (Å²) in [5, 5.41) is 49.5. The van der Waals surface area contributed by atoms with E-state index >= 15 is 0 Å². The summed E-state index contributed by atoms with van der Waals surface area (Å²) >= 11 is -0.826. The summed E-state index contributed by atoms with van der Waals surface area (Å²) in [5.74, 6) is 0. The Morgan fingerprint density at radius 2 is 0.772 bits per heavy atom.